The van der Waals surface area contributed by atoms with Crippen LogP contribution in [0.1, 0.15) is 26.0 Å². The highest BCUT2D eigenvalue weighted by atomic mass is 32.2. The third-order valence-corrected chi connectivity index (χ3v) is 7.04. The van der Waals surface area contributed by atoms with Crippen LogP contribution in [-0.2, 0) is 24.0 Å². The lowest BCUT2D eigenvalue weighted by molar-refractivity contribution is -0.151. The molecule has 1 fully saturated rings. The van der Waals surface area contributed by atoms with Gasteiger partial charge in [0.25, 0.3) is 11.8 Å². The summed E-state index contributed by atoms with van der Waals surface area (Å²) >= 11 is 2.37. The average molecular weight is 513 g/mol. The number of fused-ring (bicyclic) bond motifs is 1. The smallest absolute Gasteiger partial charge is 0.352 e. The highest BCUT2D eigenvalue weighted by Gasteiger charge is 2.54. The van der Waals surface area contributed by atoms with Crippen LogP contribution in [0.4, 0.5) is 5.13 Å². The summed E-state index contributed by atoms with van der Waals surface area (Å²) in [6, 6.07) is -1.00. The number of amides is 2. The molecule has 1 aromatic rings. The molecule has 0 spiro atoms. The second-order valence-electron chi connectivity index (χ2n) is 7.25. The second kappa shape index (κ2) is 10.8. The first-order valence-corrected chi connectivity index (χ1v) is 12.2. The van der Waals surface area contributed by atoms with Gasteiger partial charge in [-0.2, -0.15) is 0 Å². The normalized spacial score (nSPS) is 20.9. The fourth-order valence-electron chi connectivity index (χ4n) is 3.32. The Bertz CT molecular complexity index is 1060. The number of carbonyl (C=O) groups excluding carboxylic acids is 2. The molecule has 1 aromatic heterocycles. The Balaban J connectivity index is 1.80. The predicted molar refractivity (Wildman–Crippen MR) is 124 cm³/mol. The molecule has 0 saturated carbocycles. The van der Waals surface area contributed by atoms with Gasteiger partial charge in [-0.05, 0) is 18.5 Å². The van der Waals surface area contributed by atoms with Gasteiger partial charge in [-0.1, -0.05) is 19.0 Å². The molecular formula is C19H24N6O7S2. The summed E-state index contributed by atoms with van der Waals surface area (Å²) in [6.07, 6.45) is -1.19. The quantitative estimate of drug-likeness (QED) is 0.148. The molecule has 3 atom stereocenters. The summed E-state index contributed by atoms with van der Waals surface area (Å²) in [6.45, 7) is 4.44. The summed E-state index contributed by atoms with van der Waals surface area (Å²) in [5, 5.41) is 29.1. The van der Waals surface area contributed by atoms with E-state index in [1.165, 1.54) is 22.0 Å². The summed E-state index contributed by atoms with van der Waals surface area (Å²) in [5.41, 5.74) is 5.85. The summed E-state index contributed by atoms with van der Waals surface area (Å²) in [4.78, 5) is 59.1. The molecule has 0 aromatic carbocycles. The monoisotopic (exact) mass is 512 g/mol. The number of carboxylic acid groups (broad SMARTS) is 2. The number of nitrogens with two attached hydrogens (primary N) is 1. The van der Waals surface area contributed by atoms with Crippen LogP contribution in [0, 0.1) is 0 Å². The third kappa shape index (κ3) is 5.15. The van der Waals surface area contributed by atoms with Crippen molar-refractivity contribution in [1.29, 1.82) is 0 Å². The number of anilines is 1. The third-order valence-electron chi connectivity index (χ3n) is 5.02. The minimum atomic E-state index is -1.29. The van der Waals surface area contributed by atoms with Crippen LogP contribution in [0.3, 0.4) is 0 Å². The SMILES string of the molecule is CCNCC1=C(C(=O)O)N2C(=O)C(NC(=O)/C(=N\OC(CC)C(=O)O)c3csc(N)n3)[C@@H]2SC1. The first-order chi connectivity index (χ1) is 16.2. The number of thiazole rings is 1. The molecule has 2 unspecified atom stereocenters. The van der Waals surface area contributed by atoms with Crippen molar-refractivity contribution in [2.45, 2.75) is 37.8 Å². The number of β-lactam (4-membered cyclic amide) rings is 1. The van der Waals surface area contributed by atoms with Crippen LogP contribution in [0.25, 0.3) is 0 Å². The zero-order valence-electron chi connectivity index (χ0n) is 18.3. The van der Waals surface area contributed by atoms with E-state index in [0.717, 1.165) is 11.3 Å². The fourth-order valence-corrected chi connectivity index (χ4v) is 5.21. The van der Waals surface area contributed by atoms with Crippen LogP contribution in [0.15, 0.2) is 21.8 Å². The molecule has 184 valence electrons. The van der Waals surface area contributed by atoms with Gasteiger partial charge in [0, 0.05) is 17.7 Å². The maximum Gasteiger partial charge on any atom is 0.352 e. The minimum absolute atomic E-state index is 0.0548. The van der Waals surface area contributed by atoms with Gasteiger partial charge < -0.3 is 31.4 Å². The number of carbonyl (C=O) groups is 4. The van der Waals surface area contributed by atoms with Gasteiger partial charge in [0.2, 0.25) is 6.10 Å². The zero-order chi connectivity index (χ0) is 25.0. The Kier molecular flexibility index (Phi) is 8.11. The van der Waals surface area contributed by atoms with Gasteiger partial charge in [-0.3, -0.25) is 14.5 Å². The standard InChI is InChI=1S/C19H24N6O7S2/c1-3-10(17(28)29)32-24-11(9-7-34-19(20)22-9)14(26)23-12-15(27)25-13(18(30)31)8(5-21-4-2)6-33-16(12)25/h7,10,12,16,21H,3-6H2,1-2H3,(H2,20,22)(H,23,26)(H,28,29)(H,30,31)/b24-11-/t10?,12?,16-/m0/s1. The van der Waals surface area contributed by atoms with Gasteiger partial charge in [-0.25, -0.2) is 14.6 Å². The molecule has 13 nitrogen and oxygen atoms in total. The van der Waals surface area contributed by atoms with Gasteiger partial charge in [0.05, 0.1) is 0 Å². The first kappa shape index (κ1) is 25.5. The summed E-state index contributed by atoms with van der Waals surface area (Å²) in [7, 11) is 0. The number of thioether (sulfide) groups is 1. The number of oxime groups is 1. The number of nitrogen functional groups attached to an aromatic ring is 1. The Morgan fingerprint density at radius 2 is 2.12 bits per heavy atom. The predicted octanol–water partition coefficient (Wildman–Crippen LogP) is -0.343. The number of aliphatic carboxylic acids is 2. The first-order valence-electron chi connectivity index (χ1n) is 10.3. The van der Waals surface area contributed by atoms with E-state index in [1.807, 2.05) is 6.92 Å². The van der Waals surface area contributed by atoms with E-state index in [9.17, 15) is 24.3 Å². The number of aromatic nitrogens is 1. The number of hydrogen-bond acceptors (Lipinski definition) is 11. The van der Waals surface area contributed by atoms with E-state index in [-0.39, 0.29) is 28.7 Å². The topological polar surface area (TPSA) is 197 Å². The molecular weight excluding hydrogens is 488 g/mol. The van der Waals surface area contributed by atoms with Gasteiger partial charge in [0.1, 0.15) is 22.8 Å². The fraction of sp³-hybridized carbons (Fsp3) is 0.474. The van der Waals surface area contributed by atoms with E-state index in [0.29, 0.717) is 24.4 Å². The second-order valence-corrected chi connectivity index (χ2v) is 9.24. The molecule has 0 radical (unpaired) electrons. The summed E-state index contributed by atoms with van der Waals surface area (Å²) < 4.78 is 0. The average Bonchev–Trinajstić information content (AvgIpc) is 3.23. The van der Waals surface area contributed by atoms with Crippen LogP contribution >= 0.6 is 23.1 Å². The molecule has 1 saturated heterocycles. The van der Waals surface area contributed by atoms with Crippen molar-refractivity contribution in [1.82, 2.24) is 20.5 Å². The highest BCUT2D eigenvalue weighted by Crippen LogP contribution is 2.40. The van der Waals surface area contributed by atoms with Gasteiger partial charge in [-0.15, -0.1) is 23.1 Å². The van der Waals surface area contributed by atoms with Crippen molar-refractivity contribution in [2.75, 3.05) is 24.6 Å². The van der Waals surface area contributed by atoms with E-state index < -0.39 is 41.3 Å². The molecule has 2 aliphatic rings. The van der Waals surface area contributed by atoms with Gasteiger partial charge in [0.15, 0.2) is 10.8 Å². The number of hydrogen-bond donors (Lipinski definition) is 5. The molecule has 0 aliphatic carbocycles. The Morgan fingerprint density at radius 3 is 2.68 bits per heavy atom. The Morgan fingerprint density at radius 1 is 1.38 bits per heavy atom. The van der Waals surface area contributed by atoms with E-state index in [1.54, 1.807) is 6.92 Å². The van der Waals surface area contributed by atoms with E-state index in [4.69, 9.17) is 15.7 Å². The molecule has 3 heterocycles. The number of carboxylic acids is 2. The number of rotatable bonds is 11. The van der Waals surface area contributed by atoms with Crippen molar-refractivity contribution in [3.63, 3.8) is 0 Å². The lowest BCUT2D eigenvalue weighted by atomic mass is 10.0. The summed E-state index contributed by atoms with van der Waals surface area (Å²) in [5.74, 6) is -3.51. The molecule has 2 amide bonds. The van der Waals surface area contributed by atoms with Crippen LogP contribution in [0.2, 0.25) is 0 Å². The lowest BCUT2D eigenvalue weighted by Crippen LogP contribution is -2.71. The van der Waals surface area contributed by atoms with Gasteiger partial charge >= 0.3 is 11.9 Å². The molecule has 15 heteroatoms. The van der Waals surface area contributed by atoms with Crippen molar-refractivity contribution in [3.05, 3.63) is 22.3 Å². The minimum Gasteiger partial charge on any atom is -0.478 e. The molecule has 34 heavy (non-hydrogen) atoms. The van der Waals surface area contributed by atoms with Crippen LogP contribution in [0.5, 0.6) is 0 Å². The number of likely N-dealkylation sites (N-methyl/N-ethyl adjacent to an activating group) is 1. The molecule has 6 N–H and O–H groups in total. The maximum absolute atomic E-state index is 13.0. The van der Waals surface area contributed by atoms with Crippen molar-refractivity contribution in [3.8, 4) is 0 Å². The maximum atomic E-state index is 13.0. The van der Waals surface area contributed by atoms with Crippen molar-refractivity contribution in [2.24, 2.45) is 5.16 Å². The van der Waals surface area contributed by atoms with Crippen LogP contribution in [-0.4, -0.2) is 85.9 Å². The zero-order valence-corrected chi connectivity index (χ0v) is 19.9. The van der Waals surface area contributed by atoms with Crippen LogP contribution < -0.4 is 16.4 Å². The van der Waals surface area contributed by atoms with E-state index in [2.05, 4.69) is 20.8 Å². The molecule has 2 aliphatic heterocycles. The van der Waals surface area contributed by atoms with Crippen molar-refractivity contribution >= 4 is 57.7 Å². The Hall–Kier alpha value is -3.17. The van der Waals surface area contributed by atoms with Crippen molar-refractivity contribution < 1.29 is 34.2 Å². The Labute approximate surface area is 202 Å². The number of nitrogens with one attached hydrogen (secondary N) is 2. The van der Waals surface area contributed by atoms with E-state index >= 15 is 0 Å². The lowest BCUT2D eigenvalue weighted by Gasteiger charge is -2.49. The number of nitrogens with zero attached hydrogens (tertiary/aromatic N) is 3. The largest absolute Gasteiger partial charge is 0.478 e. The molecule has 0 bridgehead atoms. The highest BCUT2D eigenvalue weighted by molar-refractivity contribution is 8.00. The molecule has 3 rings (SSSR count).